The quantitative estimate of drug-likeness (QED) is 0.810. The summed E-state index contributed by atoms with van der Waals surface area (Å²) in [6, 6.07) is 6.36. The number of aromatic nitrogens is 2. The minimum absolute atomic E-state index is 0.452. The van der Waals surface area contributed by atoms with Gasteiger partial charge in [0.05, 0.1) is 16.1 Å². The molecule has 0 radical (unpaired) electrons. The Kier molecular flexibility index (Phi) is 3.70. The second-order valence-corrected chi connectivity index (χ2v) is 5.93. The Labute approximate surface area is 123 Å². The Bertz CT molecular complexity index is 594. The molecule has 1 aliphatic heterocycles. The Balaban J connectivity index is 2.15. The zero-order valence-corrected chi connectivity index (χ0v) is 12.5. The Morgan fingerprint density at radius 2 is 2.26 bits per heavy atom. The van der Waals surface area contributed by atoms with Crippen LogP contribution < -0.4 is 0 Å². The summed E-state index contributed by atoms with van der Waals surface area (Å²) in [5, 5.41) is 0.778. The molecule has 102 valence electrons. The van der Waals surface area contributed by atoms with Crippen molar-refractivity contribution in [2.45, 2.75) is 18.9 Å². The zero-order chi connectivity index (χ0) is 13.4. The number of aryl methyl sites for hydroxylation is 1. The first kappa shape index (κ1) is 13.2. The molecule has 1 fully saturated rings. The normalized spacial score (nSPS) is 20.5. The molecule has 19 heavy (non-hydrogen) atoms. The van der Waals surface area contributed by atoms with Gasteiger partial charge in [-0.3, -0.25) is 0 Å². The molecule has 0 aliphatic carbocycles. The van der Waals surface area contributed by atoms with Gasteiger partial charge in [0.25, 0.3) is 0 Å². The van der Waals surface area contributed by atoms with Gasteiger partial charge >= 0.3 is 0 Å². The molecule has 3 rings (SSSR count). The van der Waals surface area contributed by atoms with E-state index in [9.17, 15) is 0 Å². The third-order valence-corrected chi connectivity index (χ3v) is 4.28. The standard InChI is InChI=1S/C14H17Cl2N3/c1-18-8-6-10(9-18)19-13(5-7-15)17-12-4-2-3-11(16)14(12)19/h2-4,10H,5-9H2,1H3. The maximum Gasteiger partial charge on any atom is 0.111 e. The van der Waals surface area contributed by atoms with Crippen molar-refractivity contribution in [1.29, 1.82) is 0 Å². The van der Waals surface area contributed by atoms with Crippen LogP contribution >= 0.6 is 23.2 Å². The maximum atomic E-state index is 6.38. The fourth-order valence-corrected chi connectivity index (χ4v) is 3.36. The van der Waals surface area contributed by atoms with Crippen LogP contribution in [-0.2, 0) is 6.42 Å². The first-order valence-corrected chi connectivity index (χ1v) is 7.52. The number of rotatable bonds is 3. The molecule has 0 amide bonds. The molecule has 1 atom stereocenters. The van der Waals surface area contributed by atoms with E-state index in [1.165, 1.54) is 0 Å². The first-order chi connectivity index (χ1) is 9.20. The van der Waals surface area contributed by atoms with E-state index >= 15 is 0 Å². The summed E-state index contributed by atoms with van der Waals surface area (Å²) in [5.41, 5.74) is 2.03. The lowest BCUT2D eigenvalue weighted by Gasteiger charge is -2.17. The largest absolute Gasteiger partial charge is 0.322 e. The molecule has 5 heteroatoms. The van der Waals surface area contributed by atoms with Gasteiger partial charge in [-0.05, 0) is 32.1 Å². The number of para-hydroxylation sites is 1. The first-order valence-electron chi connectivity index (χ1n) is 6.60. The average molecular weight is 298 g/mol. The lowest BCUT2D eigenvalue weighted by Crippen LogP contribution is -2.18. The van der Waals surface area contributed by atoms with Crippen LogP contribution in [0.2, 0.25) is 5.02 Å². The summed E-state index contributed by atoms with van der Waals surface area (Å²) in [6.07, 6.45) is 1.93. The van der Waals surface area contributed by atoms with E-state index in [-0.39, 0.29) is 0 Å². The number of hydrogen-bond donors (Lipinski definition) is 0. The fourth-order valence-electron chi connectivity index (χ4n) is 2.93. The number of halogens is 2. The van der Waals surface area contributed by atoms with Crippen molar-refractivity contribution in [1.82, 2.24) is 14.5 Å². The van der Waals surface area contributed by atoms with Crippen molar-refractivity contribution in [3.8, 4) is 0 Å². The van der Waals surface area contributed by atoms with Crippen LogP contribution in [0.4, 0.5) is 0 Å². The van der Waals surface area contributed by atoms with Crippen molar-refractivity contribution in [2.24, 2.45) is 0 Å². The topological polar surface area (TPSA) is 21.1 Å². The van der Waals surface area contributed by atoms with Crippen molar-refractivity contribution in [3.63, 3.8) is 0 Å². The van der Waals surface area contributed by atoms with Crippen LogP contribution in [-0.4, -0.2) is 40.5 Å². The molecule has 1 aliphatic rings. The molecule has 2 heterocycles. The lowest BCUT2D eigenvalue weighted by atomic mass is 10.2. The molecule has 0 spiro atoms. The smallest absolute Gasteiger partial charge is 0.111 e. The molecule has 0 saturated carbocycles. The van der Waals surface area contributed by atoms with Gasteiger partial charge in [-0.15, -0.1) is 11.6 Å². The number of hydrogen-bond acceptors (Lipinski definition) is 2. The Morgan fingerprint density at radius 1 is 1.42 bits per heavy atom. The highest BCUT2D eigenvalue weighted by Gasteiger charge is 2.26. The third-order valence-electron chi connectivity index (χ3n) is 3.78. The van der Waals surface area contributed by atoms with Crippen molar-refractivity contribution < 1.29 is 0 Å². The van der Waals surface area contributed by atoms with Crippen LogP contribution in [0.15, 0.2) is 18.2 Å². The van der Waals surface area contributed by atoms with Crippen molar-refractivity contribution in [3.05, 3.63) is 29.0 Å². The summed E-state index contributed by atoms with van der Waals surface area (Å²) in [4.78, 5) is 7.05. The molecule has 2 aromatic rings. The summed E-state index contributed by atoms with van der Waals surface area (Å²) in [7, 11) is 2.15. The van der Waals surface area contributed by atoms with Gasteiger partial charge in [0.1, 0.15) is 5.82 Å². The van der Waals surface area contributed by atoms with Gasteiger partial charge in [0, 0.05) is 24.9 Å². The lowest BCUT2D eigenvalue weighted by molar-refractivity contribution is 0.392. The molecule has 1 aromatic heterocycles. The molecule has 1 saturated heterocycles. The second-order valence-electron chi connectivity index (χ2n) is 5.15. The van der Waals surface area contributed by atoms with Gasteiger partial charge in [-0.1, -0.05) is 17.7 Å². The number of benzene rings is 1. The summed E-state index contributed by atoms with van der Waals surface area (Å²) in [6.45, 7) is 2.17. The molecule has 1 aromatic carbocycles. The number of alkyl halides is 1. The predicted molar refractivity (Wildman–Crippen MR) is 80.3 cm³/mol. The van der Waals surface area contributed by atoms with Gasteiger partial charge < -0.3 is 9.47 Å². The number of nitrogens with zero attached hydrogens (tertiary/aromatic N) is 3. The number of likely N-dealkylation sites (N-methyl/N-ethyl adjacent to an activating group) is 1. The Hall–Kier alpha value is -0.770. The predicted octanol–water partition coefficient (Wildman–Crippen LogP) is 3.35. The third kappa shape index (κ3) is 2.35. The van der Waals surface area contributed by atoms with E-state index in [0.29, 0.717) is 11.9 Å². The monoisotopic (exact) mass is 297 g/mol. The van der Waals surface area contributed by atoms with Crippen molar-refractivity contribution in [2.75, 3.05) is 26.0 Å². The Morgan fingerprint density at radius 3 is 2.95 bits per heavy atom. The number of imidazole rings is 1. The molecular formula is C14H17Cl2N3. The fraction of sp³-hybridized carbons (Fsp3) is 0.500. The molecule has 0 N–H and O–H groups in total. The zero-order valence-electron chi connectivity index (χ0n) is 10.9. The minimum Gasteiger partial charge on any atom is -0.322 e. The van der Waals surface area contributed by atoms with E-state index in [0.717, 1.165) is 47.8 Å². The second kappa shape index (κ2) is 5.31. The van der Waals surface area contributed by atoms with Gasteiger partial charge in [0.2, 0.25) is 0 Å². The summed E-state index contributed by atoms with van der Waals surface area (Å²) >= 11 is 12.3. The van der Waals surface area contributed by atoms with Gasteiger partial charge in [-0.2, -0.15) is 0 Å². The highest BCUT2D eigenvalue weighted by atomic mass is 35.5. The number of likely N-dealkylation sites (tertiary alicyclic amines) is 1. The number of fused-ring (bicyclic) bond motifs is 1. The summed E-state index contributed by atoms with van der Waals surface area (Å²) < 4.78 is 2.31. The van der Waals surface area contributed by atoms with Crippen LogP contribution in [0.5, 0.6) is 0 Å². The van der Waals surface area contributed by atoms with Crippen LogP contribution in [0.25, 0.3) is 11.0 Å². The molecular weight excluding hydrogens is 281 g/mol. The van der Waals surface area contributed by atoms with E-state index in [2.05, 4.69) is 16.5 Å². The van der Waals surface area contributed by atoms with Gasteiger partial charge in [-0.25, -0.2) is 4.98 Å². The molecule has 0 bridgehead atoms. The highest BCUT2D eigenvalue weighted by Crippen LogP contribution is 2.31. The van der Waals surface area contributed by atoms with Crippen LogP contribution in [0.3, 0.4) is 0 Å². The minimum atomic E-state index is 0.452. The van der Waals surface area contributed by atoms with Crippen LogP contribution in [0, 0.1) is 0 Å². The average Bonchev–Trinajstić information content (AvgIpc) is 2.94. The van der Waals surface area contributed by atoms with Crippen LogP contribution in [0.1, 0.15) is 18.3 Å². The van der Waals surface area contributed by atoms with E-state index in [1.807, 2.05) is 18.2 Å². The molecule has 1 unspecified atom stereocenters. The van der Waals surface area contributed by atoms with E-state index < -0.39 is 0 Å². The van der Waals surface area contributed by atoms with Crippen molar-refractivity contribution >= 4 is 34.2 Å². The highest BCUT2D eigenvalue weighted by molar-refractivity contribution is 6.35. The van der Waals surface area contributed by atoms with E-state index in [4.69, 9.17) is 28.2 Å². The molecule has 3 nitrogen and oxygen atoms in total. The SMILES string of the molecule is CN1CCC(n2c(CCCl)nc3cccc(Cl)c32)C1. The summed E-state index contributed by atoms with van der Waals surface area (Å²) in [5.74, 6) is 1.64. The van der Waals surface area contributed by atoms with Gasteiger partial charge in [0.15, 0.2) is 0 Å². The maximum absolute atomic E-state index is 6.38. The van der Waals surface area contributed by atoms with E-state index in [1.54, 1.807) is 0 Å².